The Kier molecular flexibility index (Phi) is 6.47. The predicted octanol–water partition coefficient (Wildman–Crippen LogP) is 4.75. The summed E-state index contributed by atoms with van der Waals surface area (Å²) in [7, 11) is 0. The maximum atomic E-state index is 13.6. The molecule has 0 amide bonds. The van der Waals surface area contributed by atoms with E-state index in [9.17, 15) is 19.2 Å². The van der Waals surface area contributed by atoms with E-state index >= 15 is 0 Å². The number of nitrogens with one attached hydrogen (secondary N) is 2. The van der Waals surface area contributed by atoms with Gasteiger partial charge in [-0.15, -0.1) is 0 Å². The molecule has 0 bridgehead atoms. The van der Waals surface area contributed by atoms with E-state index in [-0.39, 0.29) is 57.3 Å². The molecule has 2 aliphatic carbocycles. The Morgan fingerprint density at radius 1 is 0.500 bits per heavy atom. The Labute approximate surface area is 262 Å². The molecule has 0 atom stereocenters. The van der Waals surface area contributed by atoms with Gasteiger partial charge in [0.25, 0.3) is 0 Å². The van der Waals surface area contributed by atoms with Crippen molar-refractivity contribution in [2.75, 3.05) is 41.8 Å². The summed E-state index contributed by atoms with van der Waals surface area (Å²) < 4.78 is 5.52. The number of rotatable bonds is 5. The highest BCUT2D eigenvalue weighted by Gasteiger charge is 2.33. The molecule has 1 fully saturated rings. The van der Waals surface area contributed by atoms with Crippen LogP contribution in [0.15, 0.2) is 84.9 Å². The lowest BCUT2D eigenvalue weighted by atomic mass is 9.83. The molecule has 5 aromatic rings. The standard InChI is InChI=1S/C35H24N6O5/c42-29-19-7-1-3-9-21(19)31(44)27-23(29)11-5-13-25(27)36-33-38-34(40-35(39-33)41-15-17-46-18-16-41)37-26-14-6-12-24-28(26)32(45)22-10-4-2-8-20(22)30(24)43/h1-14H,15-18H2,(H2,36,37,38,39,40). The summed E-state index contributed by atoms with van der Waals surface area (Å²) in [6, 6.07) is 23.5. The molecule has 4 aromatic carbocycles. The van der Waals surface area contributed by atoms with Crippen LogP contribution in [0.3, 0.4) is 0 Å². The molecule has 1 saturated heterocycles. The van der Waals surface area contributed by atoms with Crippen LogP contribution >= 0.6 is 0 Å². The van der Waals surface area contributed by atoms with Crippen molar-refractivity contribution in [2.45, 2.75) is 0 Å². The van der Waals surface area contributed by atoms with Crippen molar-refractivity contribution in [1.29, 1.82) is 0 Å². The van der Waals surface area contributed by atoms with Gasteiger partial charge in [-0.05, 0) is 12.1 Å². The molecule has 3 aliphatic rings. The van der Waals surface area contributed by atoms with Gasteiger partial charge in [0.05, 0.1) is 35.7 Å². The minimum absolute atomic E-state index is 0.115. The zero-order chi connectivity index (χ0) is 31.4. The molecule has 0 unspecified atom stereocenters. The van der Waals surface area contributed by atoms with Crippen LogP contribution in [0.25, 0.3) is 0 Å². The number of anilines is 5. The second kappa shape index (κ2) is 10.8. The van der Waals surface area contributed by atoms with Gasteiger partial charge in [0, 0.05) is 46.5 Å². The smallest absolute Gasteiger partial charge is 0.233 e. The Hall–Kier alpha value is -6.07. The first kappa shape index (κ1) is 27.5. The van der Waals surface area contributed by atoms with E-state index in [4.69, 9.17) is 4.74 Å². The average molecular weight is 609 g/mol. The first-order valence-corrected chi connectivity index (χ1v) is 14.7. The van der Waals surface area contributed by atoms with E-state index in [0.717, 1.165) is 0 Å². The molecule has 2 N–H and O–H groups in total. The molecular weight excluding hydrogens is 584 g/mol. The van der Waals surface area contributed by atoms with Gasteiger partial charge < -0.3 is 20.3 Å². The monoisotopic (exact) mass is 608 g/mol. The van der Waals surface area contributed by atoms with Gasteiger partial charge in [0.15, 0.2) is 23.1 Å². The largest absolute Gasteiger partial charge is 0.378 e. The molecule has 224 valence electrons. The molecular formula is C35H24N6O5. The van der Waals surface area contributed by atoms with Crippen molar-refractivity contribution in [3.63, 3.8) is 0 Å². The lowest BCUT2D eigenvalue weighted by Crippen LogP contribution is -2.37. The minimum atomic E-state index is -0.284. The Morgan fingerprint density at radius 3 is 1.37 bits per heavy atom. The highest BCUT2D eigenvalue weighted by molar-refractivity contribution is 6.31. The second-order valence-electron chi connectivity index (χ2n) is 11.0. The molecule has 8 rings (SSSR count). The first-order chi connectivity index (χ1) is 22.5. The van der Waals surface area contributed by atoms with Crippen molar-refractivity contribution < 1.29 is 23.9 Å². The number of ether oxygens (including phenoxy) is 1. The van der Waals surface area contributed by atoms with Crippen LogP contribution in [0.2, 0.25) is 0 Å². The van der Waals surface area contributed by atoms with Crippen LogP contribution < -0.4 is 15.5 Å². The normalized spacial score (nSPS) is 15.1. The third-order valence-electron chi connectivity index (χ3n) is 8.32. The maximum Gasteiger partial charge on any atom is 0.233 e. The molecule has 1 aliphatic heterocycles. The third kappa shape index (κ3) is 4.44. The van der Waals surface area contributed by atoms with Gasteiger partial charge in [-0.25, -0.2) is 0 Å². The van der Waals surface area contributed by atoms with E-state index in [1.807, 2.05) is 4.90 Å². The van der Waals surface area contributed by atoms with Crippen molar-refractivity contribution in [2.24, 2.45) is 0 Å². The topological polar surface area (TPSA) is 143 Å². The SMILES string of the molecule is O=C1c2ccccc2C(=O)c2c(Nc3nc(Nc4cccc5c4C(=O)c4ccccc4C5=O)nc(N4CCOCC4)n3)cccc21. The molecule has 0 saturated carbocycles. The fourth-order valence-electron chi connectivity index (χ4n) is 6.12. The highest BCUT2D eigenvalue weighted by atomic mass is 16.5. The van der Waals surface area contributed by atoms with E-state index in [1.54, 1.807) is 84.9 Å². The summed E-state index contributed by atoms with van der Waals surface area (Å²) in [6.07, 6.45) is 0. The zero-order valence-electron chi connectivity index (χ0n) is 24.2. The van der Waals surface area contributed by atoms with Crippen LogP contribution in [0, 0.1) is 0 Å². The van der Waals surface area contributed by atoms with Crippen molar-refractivity contribution in [3.05, 3.63) is 129 Å². The zero-order valence-corrected chi connectivity index (χ0v) is 24.2. The van der Waals surface area contributed by atoms with E-state index in [0.29, 0.717) is 65.9 Å². The number of morpholine rings is 1. The number of aromatic nitrogens is 3. The number of carbonyl (C=O) groups is 4. The van der Waals surface area contributed by atoms with Crippen LogP contribution in [0.1, 0.15) is 63.7 Å². The number of hydrogen-bond acceptors (Lipinski definition) is 11. The van der Waals surface area contributed by atoms with Crippen LogP contribution in [-0.2, 0) is 4.74 Å². The Morgan fingerprint density at radius 2 is 0.913 bits per heavy atom. The van der Waals surface area contributed by atoms with Gasteiger partial charge in [-0.1, -0.05) is 72.8 Å². The lowest BCUT2D eigenvalue weighted by Gasteiger charge is -2.27. The van der Waals surface area contributed by atoms with Crippen LogP contribution in [0.4, 0.5) is 29.2 Å². The summed E-state index contributed by atoms with van der Waals surface area (Å²) in [4.78, 5) is 69.7. The van der Waals surface area contributed by atoms with E-state index in [1.165, 1.54) is 0 Å². The highest BCUT2D eigenvalue weighted by Crippen LogP contribution is 2.35. The number of carbonyl (C=O) groups excluding carboxylic acids is 4. The number of benzene rings is 4. The second-order valence-corrected chi connectivity index (χ2v) is 11.0. The van der Waals surface area contributed by atoms with Gasteiger partial charge in [-0.2, -0.15) is 15.0 Å². The molecule has 2 heterocycles. The van der Waals surface area contributed by atoms with Crippen LogP contribution in [0.5, 0.6) is 0 Å². The summed E-state index contributed by atoms with van der Waals surface area (Å²) >= 11 is 0. The average Bonchev–Trinajstić information content (AvgIpc) is 3.10. The van der Waals surface area contributed by atoms with Crippen molar-refractivity contribution in [3.8, 4) is 0 Å². The molecule has 1 aromatic heterocycles. The Balaban J connectivity index is 1.20. The summed E-state index contributed by atoms with van der Waals surface area (Å²) in [5.74, 6) is -0.473. The summed E-state index contributed by atoms with van der Waals surface area (Å²) in [5, 5.41) is 6.31. The van der Waals surface area contributed by atoms with E-state index < -0.39 is 0 Å². The third-order valence-corrected chi connectivity index (χ3v) is 8.32. The number of nitrogens with zero attached hydrogens (tertiary/aromatic N) is 4. The fraction of sp³-hybridized carbons (Fsp3) is 0.114. The quantitative estimate of drug-likeness (QED) is 0.280. The first-order valence-electron chi connectivity index (χ1n) is 14.7. The Bertz CT molecular complexity index is 2000. The van der Waals surface area contributed by atoms with E-state index in [2.05, 4.69) is 25.6 Å². The molecule has 11 heteroatoms. The van der Waals surface area contributed by atoms with Gasteiger partial charge in [0.2, 0.25) is 17.8 Å². The summed E-state index contributed by atoms with van der Waals surface area (Å²) in [6.45, 7) is 2.05. The van der Waals surface area contributed by atoms with Crippen molar-refractivity contribution in [1.82, 2.24) is 15.0 Å². The number of fused-ring (bicyclic) bond motifs is 4. The molecule has 0 radical (unpaired) electrons. The molecule has 46 heavy (non-hydrogen) atoms. The van der Waals surface area contributed by atoms with Crippen LogP contribution in [-0.4, -0.2) is 64.4 Å². The number of ketones is 4. The predicted molar refractivity (Wildman–Crippen MR) is 169 cm³/mol. The number of hydrogen-bond donors (Lipinski definition) is 2. The van der Waals surface area contributed by atoms with Crippen molar-refractivity contribution >= 4 is 52.4 Å². The van der Waals surface area contributed by atoms with Gasteiger partial charge in [0.1, 0.15) is 0 Å². The lowest BCUT2D eigenvalue weighted by molar-refractivity contribution is 0.0979. The fourth-order valence-corrected chi connectivity index (χ4v) is 6.12. The van der Waals surface area contributed by atoms with Gasteiger partial charge >= 0.3 is 0 Å². The molecule has 11 nitrogen and oxygen atoms in total. The summed E-state index contributed by atoms with van der Waals surface area (Å²) in [5.41, 5.74) is 3.15. The molecule has 0 spiro atoms. The van der Waals surface area contributed by atoms with Gasteiger partial charge in [-0.3, -0.25) is 19.2 Å². The minimum Gasteiger partial charge on any atom is -0.378 e. The maximum absolute atomic E-state index is 13.6.